The maximum atomic E-state index is 13.3. The topological polar surface area (TPSA) is 56.0 Å². The van der Waals surface area contributed by atoms with Crippen molar-refractivity contribution in [2.75, 3.05) is 0 Å². The quantitative estimate of drug-likeness (QED) is 0.619. The number of para-hydroxylation sites is 1. The lowest BCUT2D eigenvalue weighted by Gasteiger charge is -2.02. The van der Waals surface area contributed by atoms with Gasteiger partial charge in [0.15, 0.2) is 0 Å². The molecule has 0 saturated carbocycles. The van der Waals surface area contributed by atoms with Crippen molar-refractivity contribution >= 4 is 17.4 Å². The van der Waals surface area contributed by atoms with Gasteiger partial charge in [0, 0.05) is 6.20 Å². The van der Waals surface area contributed by atoms with Crippen molar-refractivity contribution in [1.29, 1.82) is 0 Å². The van der Waals surface area contributed by atoms with Crippen LogP contribution in [-0.4, -0.2) is 9.91 Å². The Hall–Kier alpha value is -1.95. The second-order valence-corrected chi connectivity index (χ2v) is 4.18. The van der Waals surface area contributed by atoms with Gasteiger partial charge in [-0.2, -0.15) is 4.39 Å². The van der Waals surface area contributed by atoms with Gasteiger partial charge in [0.2, 0.25) is 5.82 Å². The van der Waals surface area contributed by atoms with E-state index in [0.29, 0.717) is 5.03 Å². The minimum absolute atomic E-state index is 0.244. The molecule has 0 amide bonds. The van der Waals surface area contributed by atoms with Crippen LogP contribution in [0.4, 0.5) is 10.1 Å². The van der Waals surface area contributed by atoms with E-state index in [1.54, 1.807) is 24.4 Å². The van der Waals surface area contributed by atoms with Gasteiger partial charge in [-0.25, -0.2) is 4.98 Å². The molecule has 0 fully saturated rings. The lowest BCUT2D eigenvalue weighted by atomic mass is 10.3. The Morgan fingerprint density at radius 2 is 2.06 bits per heavy atom. The van der Waals surface area contributed by atoms with Crippen molar-refractivity contribution in [2.45, 2.75) is 9.92 Å². The van der Waals surface area contributed by atoms with Crippen LogP contribution in [-0.2, 0) is 0 Å². The fourth-order valence-electron chi connectivity index (χ4n) is 1.28. The highest BCUT2D eigenvalue weighted by molar-refractivity contribution is 7.99. The van der Waals surface area contributed by atoms with Crippen LogP contribution in [0.2, 0.25) is 0 Å². The molecule has 1 aromatic carbocycles. The first-order valence-corrected chi connectivity index (χ1v) is 5.52. The van der Waals surface area contributed by atoms with Crippen LogP contribution < -0.4 is 0 Å². The second-order valence-electron chi connectivity index (χ2n) is 3.11. The molecule has 0 atom stereocenters. The number of rotatable bonds is 3. The summed E-state index contributed by atoms with van der Waals surface area (Å²) in [4.78, 5) is 14.3. The Morgan fingerprint density at radius 1 is 1.24 bits per heavy atom. The summed E-state index contributed by atoms with van der Waals surface area (Å²) in [6.45, 7) is 0. The van der Waals surface area contributed by atoms with E-state index in [9.17, 15) is 14.5 Å². The average Bonchev–Trinajstić information content (AvgIpc) is 2.30. The molecule has 0 N–H and O–H groups in total. The molecule has 17 heavy (non-hydrogen) atoms. The summed E-state index contributed by atoms with van der Waals surface area (Å²) in [5.74, 6) is -0.837. The van der Waals surface area contributed by atoms with Gasteiger partial charge in [-0.1, -0.05) is 23.9 Å². The zero-order valence-corrected chi connectivity index (χ0v) is 9.36. The summed E-state index contributed by atoms with van der Waals surface area (Å²) in [6, 6.07) is 9.22. The third kappa shape index (κ3) is 2.59. The smallest absolute Gasteiger partial charge is 0.258 e. The first-order chi connectivity index (χ1) is 8.18. The van der Waals surface area contributed by atoms with Crippen LogP contribution in [0, 0.1) is 15.9 Å². The predicted molar refractivity (Wildman–Crippen MR) is 61.4 cm³/mol. The zero-order chi connectivity index (χ0) is 12.3. The molecule has 4 nitrogen and oxygen atoms in total. The van der Waals surface area contributed by atoms with Crippen LogP contribution in [0.1, 0.15) is 0 Å². The number of nitro groups is 1. The van der Waals surface area contributed by atoms with E-state index in [4.69, 9.17) is 0 Å². The average molecular weight is 250 g/mol. The number of hydrogen-bond donors (Lipinski definition) is 0. The molecule has 0 spiro atoms. The van der Waals surface area contributed by atoms with Gasteiger partial charge in [0.05, 0.1) is 9.82 Å². The SMILES string of the molecule is O=[N+]([O-])c1c(F)cccc1Sc1ccccn1. The minimum atomic E-state index is -0.837. The number of pyridine rings is 1. The van der Waals surface area contributed by atoms with Gasteiger partial charge < -0.3 is 0 Å². The van der Waals surface area contributed by atoms with Crippen LogP contribution in [0.15, 0.2) is 52.5 Å². The molecule has 6 heteroatoms. The molecule has 0 aliphatic carbocycles. The Bertz CT molecular complexity index is 548. The van der Waals surface area contributed by atoms with E-state index in [1.165, 1.54) is 12.1 Å². The van der Waals surface area contributed by atoms with E-state index in [1.807, 2.05) is 0 Å². The van der Waals surface area contributed by atoms with Gasteiger partial charge in [-0.3, -0.25) is 10.1 Å². The summed E-state index contributed by atoms with van der Waals surface area (Å²) in [6.07, 6.45) is 1.58. The molecule has 1 heterocycles. The van der Waals surface area contributed by atoms with E-state index in [2.05, 4.69) is 4.98 Å². The normalized spacial score (nSPS) is 10.2. The van der Waals surface area contributed by atoms with E-state index < -0.39 is 16.4 Å². The van der Waals surface area contributed by atoms with Crippen molar-refractivity contribution in [3.05, 3.63) is 58.5 Å². The third-order valence-electron chi connectivity index (χ3n) is 1.98. The number of aromatic nitrogens is 1. The largest absolute Gasteiger partial charge is 0.318 e. The molecule has 86 valence electrons. The summed E-state index contributed by atoms with van der Waals surface area (Å²) >= 11 is 1.06. The molecule has 0 aliphatic rings. The van der Waals surface area contributed by atoms with Gasteiger partial charge in [-0.15, -0.1) is 0 Å². The van der Waals surface area contributed by atoms with Gasteiger partial charge >= 0.3 is 5.69 Å². The molecule has 0 saturated heterocycles. The molecule has 2 rings (SSSR count). The lowest BCUT2D eigenvalue weighted by molar-refractivity contribution is -0.390. The highest BCUT2D eigenvalue weighted by Gasteiger charge is 2.20. The summed E-state index contributed by atoms with van der Waals surface area (Å²) in [7, 11) is 0. The fourth-order valence-corrected chi connectivity index (χ4v) is 2.18. The van der Waals surface area contributed by atoms with Gasteiger partial charge in [0.1, 0.15) is 5.03 Å². The number of halogens is 1. The number of hydrogen-bond acceptors (Lipinski definition) is 4. The maximum Gasteiger partial charge on any atom is 0.318 e. The van der Waals surface area contributed by atoms with E-state index in [-0.39, 0.29) is 4.90 Å². The summed E-state index contributed by atoms with van der Waals surface area (Å²) < 4.78 is 13.3. The summed E-state index contributed by atoms with van der Waals surface area (Å²) in [5, 5.41) is 11.3. The molecule has 0 unspecified atom stereocenters. The zero-order valence-electron chi connectivity index (χ0n) is 8.54. The second kappa shape index (κ2) is 4.92. The minimum Gasteiger partial charge on any atom is -0.258 e. The van der Waals surface area contributed by atoms with E-state index in [0.717, 1.165) is 17.8 Å². The van der Waals surface area contributed by atoms with E-state index >= 15 is 0 Å². The molecule has 0 radical (unpaired) electrons. The van der Waals surface area contributed by atoms with Crippen LogP contribution in [0.5, 0.6) is 0 Å². The number of nitro benzene ring substituents is 1. The number of nitrogens with zero attached hydrogens (tertiary/aromatic N) is 2. The van der Waals surface area contributed by atoms with Crippen molar-refractivity contribution in [1.82, 2.24) is 4.98 Å². The molecular formula is C11H7FN2O2S. The summed E-state index contributed by atoms with van der Waals surface area (Å²) in [5.41, 5.74) is -0.511. The monoisotopic (exact) mass is 250 g/mol. The lowest BCUT2D eigenvalue weighted by Crippen LogP contribution is -1.94. The van der Waals surface area contributed by atoms with Crippen molar-refractivity contribution < 1.29 is 9.31 Å². The predicted octanol–water partition coefficient (Wildman–Crippen LogP) is 3.28. The highest BCUT2D eigenvalue weighted by Crippen LogP contribution is 2.34. The molecular weight excluding hydrogens is 243 g/mol. The molecule has 1 aromatic heterocycles. The first kappa shape index (κ1) is 11.5. The van der Waals surface area contributed by atoms with Crippen molar-refractivity contribution in [3.63, 3.8) is 0 Å². The molecule has 0 aliphatic heterocycles. The van der Waals surface area contributed by atoms with Crippen molar-refractivity contribution in [2.24, 2.45) is 0 Å². The molecule has 0 bridgehead atoms. The van der Waals surface area contributed by atoms with Gasteiger partial charge in [-0.05, 0) is 24.3 Å². The Kier molecular flexibility index (Phi) is 3.34. The third-order valence-corrected chi connectivity index (χ3v) is 2.98. The van der Waals surface area contributed by atoms with Crippen LogP contribution in [0.3, 0.4) is 0 Å². The van der Waals surface area contributed by atoms with Crippen LogP contribution >= 0.6 is 11.8 Å². The number of benzene rings is 1. The van der Waals surface area contributed by atoms with Crippen LogP contribution in [0.25, 0.3) is 0 Å². The first-order valence-electron chi connectivity index (χ1n) is 4.70. The fraction of sp³-hybridized carbons (Fsp3) is 0. The Balaban J connectivity index is 2.40. The Morgan fingerprint density at radius 3 is 2.71 bits per heavy atom. The standard InChI is InChI=1S/C11H7FN2O2S/c12-8-4-3-5-9(11(8)14(15)16)17-10-6-1-2-7-13-10/h1-7H. The van der Waals surface area contributed by atoms with Crippen molar-refractivity contribution in [3.8, 4) is 0 Å². The maximum absolute atomic E-state index is 13.3. The van der Waals surface area contributed by atoms with Gasteiger partial charge in [0.25, 0.3) is 0 Å². The highest BCUT2D eigenvalue weighted by atomic mass is 32.2. The molecule has 2 aromatic rings. The Labute approximate surface area is 101 Å².